The Morgan fingerprint density at radius 3 is 2.75 bits per heavy atom. The number of halogens is 1. The molecule has 0 bridgehead atoms. The summed E-state index contributed by atoms with van der Waals surface area (Å²) in [6, 6.07) is 5.67. The number of benzene rings is 1. The Balaban J connectivity index is 2.15. The molecule has 0 saturated heterocycles. The number of hydrogen-bond donors (Lipinski definition) is 0. The molecule has 0 radical (unpaired) electrons. The zero-order valence-electron chi connectivity index (χ0n) is 11.4. The monoisotopic (exact) mass is 288 g/mol. The maximum Gasteiger partial charge on any atom is 0.260 e. The molecular formula is C16H17ClN2O. The van der Waals surface area contributed by atoms with E-state index in [0.717, 1.165) is 49.1 Å². The van der Waals surface area contributed by atoms with E-state index in [0.29, 0.717) is 5.02 Å². The first-order valence-electron chi connectivity index (χ1n) is 7.35. The van der Waals surface area contributed by atoms with Gasteiger partial charge in [0, 0.05) is 35.6 Å². The normalized spacial score (nSPS) is 17.9. The van der Waals surface area contributed by atoms with Crippen molar-refractivity contribution in [3.8, 4) is 0 Å². The minimum atomic E-state index is 0.141. The summed E-state index contributed by atoms with van der Waals surface area (Å²) >= 11 is 6.16. The number of hydrogen-bond acceptors (Lipinski definition) is 2. The molecule has 4 rings (SSSR count). The van der Waals surface area contributed by atoms with Gasteiger partial charge < -0.3 is 4.90 Å². The van der Waals surface area contributed by atoms with Gasteiger partial charge in [0.25, 0.3) is 5.56 Å². The van der Waals surface area contributed by atoms with Crippen LogP contribution >= 0.6 is 11.6 Å². The molecular weight excluding hydrogens is 272 g/mol. The lowest BCUT2D eigenvalue weighted by Crippen LogP contribution is -2.38. The molecule has 0 N–H and O–H groups in total. The summed E-state index contributed by atoms with van der Waals surface area (Å²) in [7, 11) is 0. The smallest absolute Gasteiger partial charge is 0.260 e. The van der Waals surface area contributed by atoms with Crippen LogP contribution in [0.2, 0.25) is 5.02 Å². The van der Waals surface area contributed by atoms with Crippen LogP contribution in [-0.2, 0) is 13.0 Å². The molecule has 3 heterocycles. The minimum absolute atomic E-state index is 0.141. The van der Waals surface area contributed by atoms with Crippen molar-refractivity contribution >= 4 is 28.2 Å². The van der Waals surface area contributed by atoms with Gasteiger partial charge in [-0.3, -0.25) is 9.36 Å². The highest BCUT2D eigenvalue weighted by molar-refractivity contribution is 6.31. The van der Waals surface area contributed by atoms with Crippen LogP contribution < -0.4 is 10.5 Å². The van der Waals surface area contributed by atoms with Gasteiger partial charge in [0.05, 0.1) is 0 Å². The Hall–Kier alpha value is -1.48. The Labute approximate surface area is 122 Å². The predicted octanol–water partition coefficient (Wildman–Crippen LogP) is 3.20. The number of nitrogens with zero attached hydrogens (tertiary/aromatic N) is 2. The fourth-order valence-electron chi connectivity index (χ4n) is 3.64. The van der Waals surface area contributed by atoms with E-state index >= 15 is 0 Å². The molecule has 1 aromatic carbocycles. The van der Waals surface area contributed by atoms with Crippen molar-refractivity contribution in [3.05, 3.63) is 39.1 Å². The third kappa shape index (κ3) is 1.69. The van der Waals surface area contributed by atoms with Crippen LogP contribution in [0.25, 0.3) is 10.8 Å². The highest BCUT2D eigenvalue weighted by Crippen LogP contribution is 2.34. The maximum atomic E-state index is 12.7. The summed E-state index contributed by atoms with van der Waals surface area (Å²) in [6.07, 6.45) is 4.49. The lowest BCUT2D eigenvalue weighted by molar-refractivity contribution is 0.547. The van der Waals surface area contributed by atoms with Crippen LogP contribution in [0.5, 0.6) is 0 Å². The number of pyridine rings is 1. The van der Waals surface area contributed by atoms with Gasteiger partial charge in [-0.2, -0.15) is 0 Å². The van der Waals surface area contributed by atoms with Crippen molar-refractivity contribution in [2.45, 2.75) is 32.2 Å². The van der Waals surface area contributed by atoms with Crippen LogP contribution in [0.4, 0.5) is 5.82 Å². The zero-order valence-corrected chi connectivity index (χ0v) is 12.1. The number of aryl methyl sites for hydroxylation is 1. The molecule has 0 unspecified atom stereocenters. The summed E-state index contributed by atoms with van der Waals surface area (Å²) in [6.45, 7) is 2.98. The van der Waals surface area contributed by atoms with Gasteiger partial charge >= 0.3 is 0 Å². The summed E-state index contributed by atoms with van der Waals surface area (Å²) < 4.78 is 1.99. The lowest BCUT2D eigenvalue weighted by atomic mass is 10.0. The van der Waals surface area contributed by atoms with Crippen LogP contribution in [0, 0.1) is 0 Å². The summed E-state index contributed by atoms with van der Waals surface area (Å²) in [4.78, 5) is 15.1. The van der Waals surface area contributed by atoms with E-state index in [1.54, 1.807) is 0 Å². The van der Waals surface area contributed by atoms with Gasteiger partial charge in [-0.25, -0.2) is 0 Å². The van der Waals surface area contributed by atoms with E-state index in [9.17, 15) is 4.79 Å². The third-order valence-corrected chi connectivity index (χ3v) is 4.76. The van der Waals surface area contributed by atoms with E-state index in [-0.39, 0.29) is 5.56 Å². The second-order valence-electron chi connectivity index (χ2n) is 5.75. The van der Waals surface area contributed by atoms with Crippen molar-refractivity contribution in [1.82, 2.24) is 4.57 Å². The SMILES string of the molecule is O=c1c2ccc(Cl)cc2c2c3n1CCCN3CCCC2. The van der Waals surface area contributed by atoms with Gasteiger partial charge in [-0.15, -0.1) is 0 Å². The predicted molar refractivity (Wildman–Crippen MR) is 83.0 cm³/mol. The lowest BCUT2D eigenvalue weighted by Gasteiger charge is -2.33. The van der Waals surface area contributed by atoms with Crippen molar-refractivity contribution in [1.29, 1.82) is 0 Å². The summed E-state index contributed by atoms with van der Waals surface area (Å²) in [5.41, 5.74) is 1.46. The molecule has 2 aromatic rings. The highest BCUT2D eigenvalue weighted by Gasteiger charge is 2.25. The number of anilines is 1. The van der Waals surface area contributed by atoms with Crippen molar-refractivity contribution in [2.75, 3.05) is 18.0 Å². The Kier molecular flexibility index (Phi) is 2.77. The van der Waals surface area contributed by atoms with Crippen molar-refractivity contribution in [2.24, 2.45) is 0 Å². The molecule has 0 atom stereocenters. The summed E-state index contributed by atoms with van der Waals surface area (Å²) in [5, 5.41) is 2.59. The Morgan fingerprint density at radius 2 is 1.85 bits per heavy atom. The van der Waals surface area contributed by atoms with E-state index in [1.165, 1.54) is 18.4 Å². The van der Waals surface area contributed by atoms with Gasteiger partial charge in [0.15, 0.2) is 0 Å². The molecule has 4 heteroatoms. The van der Waals surface area contributed by atoms with E-state index < -0.39 is 0 Å². The molecule has 3 nitrogen and oxygen atoms in total. The first-order chi connectivity index (χ1) is 9.75. The van der Waals surface area contributed by atoms with E-state index in [1.807, 2.05) is 22.8 Å². The third-order valence-electron chi connectivity index (χ3n) is 4.52. The molecule has 0 saturated carbocycles. The topological polar surface area (TPSA) is 25.2 Å². The van der Waals surface area contributed by atoms with E-state index in [2.05, 4.69) is 4.90 Å². The number of rotatable bonds is 0. The van der Waals surface area contributed by atoms with Crippen LogP contribution in [0.15, 0.2) is 23.0 Å². The second kappa shape index (κ2) is 4.52. The van der Waals surface area contributed by atoms with Crippen LogP contribution in [-0.4, -0.2) is 17.7 Å². The number of aromatic nitrogens is 1. The maximum absolute atomic E-state index is 12.7. The van der Waals surface area contributed by atoms with Crippen LogP contribution in [0.3, 0.4) is 0 Å². The van der Waals surface area contributed by atoms with Gasteiger partial charge in [0.1, 0.15) is 5.82 Å². The minimum Gasteiger partial charge on any atom is -0.358 e. The number of fused-ring (bicyclic) bond motifs is 2. The Bertz CT molecular complexity index is 750. The molecule has 20 heavy (non-hydrogen) atoms. The van der Waals surface area contributed by atoms with Gasteiger partial charge in [-0.1, -0.05) is 11.6 Å². The van der Waals surface area contributed by atoms with Crippen molar-refractivity contribution in [3.63, 3.8) is 0 Å². The highest BCUT2D eigenvalue weighted by atomic mass is 35.5. The Morgan fingerprint density at radius 1 is 1.00 bits per heavy atom. The molecule has 2 aliphatic heterocycles. The first-order valence-corrected chi connectivity index (χ1v) is 7.73. The second-order valence-corrected chi connectivity index (χ2v) is 6.18. The molecule has 0 amide bonds. The molecule has 104 valence electrons. The van der Waals surface area contributed by atoms with Gasteiger partial charge in [-0.05, 0) is 49.3 Å². The molecule has 1 aromatic heterocycles. The summed E-state index contributed by atoms with van der Waals surface area (Å²) in [5.74, 6) is 1.16. The van der Waals surface area contributed by atoms with E-state index in [4.69, 9.17) is 11.6 Å². The largest absolute Gasteiger partial charge is 0.358 e. The first kappa shape index (κ1) is 12.3. The zero-order chi connectivity index (χ0) is 13.7. The molecule has 0 spiro atoms. The average molecular weight is 289 g/mol. The fraction of sp³-hybridized carbons (Fsp3) is 0.438. The fourth-order valence-corrected chi connectivity index (χ4v) is 3.81. The van der Waals surface area contributed by atoms with Gasteiger partial charge in [0.2, 0.25) is 0 Å². The standard InChI is InChI=1S/C16H17ClN2O/c17-11-5-6-13-14(10-11)12-4-1-2-7-18-8-3-9-19(15(12)18)16(13)20/h5-6,10H,1-4,7-9H2. The molecule has 2 aliphatic rings. The molecule has 0 fully saturated rings. The quantitative estimate of drug-likeness (QED) is 0.744. The van der Waals surface area contributed by atoms with Crippen molar-refractivity contribution < 1.29 is 0 Å². The average Bonchev–Trinajstić information content (AvgIpc) is 2.68. The molecule has 0 aliphatic carbocycles. The van der Waals surface area contributed by atoms with Crippen LogP contribution in [0.1, 0.15) is 24.8 Å².